The van der Waals surface area contributed by atoms with E-state index in [0.29, 0.717) is 18.4 Å². The van der Waals surface area contributed by atoms with Gasteiger partial charge in [0.1, 0.15) is 6.29 Å². The highest BCUT2D eigenvalue weighted by atomic mass is 16.4. The largest absolute Gasteiger partial charge is 0.479 e. The zero-order valence-electron chi connectivity index (χ0n) is 9.01. The maximum atomic E-state index is 10.6. The van der Waals surface area contributed by atoms with E-state index in [9.17, 15) is 14.7 Å². The number of carboxylic acids is 1. The van der Waals surface area contributed by atoms with Gasteiger partial charge in [-0.3, -0.25) is 0 Å². The number of aliphatic hydroxyl groups is 1. The number of carbonyl (C=O) groups is 2. The van der Waals surface area contributed by atoms with E-state index in [-0.39, 0.29) is 0 Å². The monoisotopic (exact) mass is 222 g/mol. The Labute approximate surface area is 93.5 Å². The molecule has 4 nitrogen and oxygen atoms in total. The maximum absolute atomic E-state index is 10.6. The fourth-order valence-corrected chi connectivity index (χ4v) is 1.49. The number of aliphatic carboxylic acids is 1. The quantitative estimate of drug-likeness (QED) is 0.735. The molecule has 1 rings (SSSR count). The van der Waals surface area contributed by atoms with Gasteiger partial charge in [-0.25, -0.2) is 4.79 Å². The van der Waals surface area contributed by atoms with Crippen LogP contribution in [0.3, 0.4) is 0 Å². The summed E-state index contributed by atoms with van der Waals surface area (Å²) in [5.41, 5.74) is 2.23. The van der Waals surface area contributed by atoms with Gasteiger partial charge in [-0.15, -0.1) is 0 Å². The minimum Gasteiger partial charge on any atom is -0.479 e. The Hall–Kier alpha value is -1.68. The van der Waals surface area contributed by atoms with Crippen molar-refractivity contribution >= 4 is 12.3 Å². The predicted molar refractivity (Wildman–Crippen MR) is 58.2 cm³/mol. The third-order valence-corrected chi connectivity index (χ3v) is 2.45. The molecule has 1 aromatic carbocycles. The van der Waals surface area contributed by atoms with Crippen molar-refractivity contribution in [1.29, 1.82) is 0 Å². The molecule has 0 aliphatic carbocycles. The Morgan fingerprint density at radius 3 is 2.75 bits per heavy atom. The van der Waals surface area contributed by atoms with Gasteiger partial charge in [0.25, 0.3) is 0 Å². The van der Waals surface area contributed by atoms with Gasteiger partial charge in [-0.05, 0) is 30.0 Å². The lowest BCUT2D eigenvalue weighted by Crippen LogP contribution is -2.11. The Kier molecular flexibility index (Phi) is 4.19. The number of benzene rings is 1. The van der Waals surface area contributed by atoms with Gasteiger partial charge >= 0.3 is 5.97 Å². The van der Waals surface area contributed by atoms with Crippen molar-refractivity contribution in [3.05, 3.63) is 34.9 Å². The lowest BCUT2D eigenvalue weighted by Gasteiger charge is -2.10. The third-order valence-electron chi connectivity index (χ3n) is 2.45. The van der Waals surface area contributed by atoms with Gasteiger partial charge in [0, 0.05) is 6.42 Å². The average Bonchev–Trinajstić information content (AvgIpc) is 2.27. The van der Waals surface area contributed by atoms with Crippen molar-refractivity contribution in [3.63, 3.8) is 0 Å². The first-order valence-electron chi connectivity index (χ1n) is 5.00. The fraction of sp³-hybridized carbons (Fsp3) is 0.333. The van der Waals surface area contributed by atoms with Gasteiger partial charge in [0.15, 0.2) is 6.10 Å². The molecule has 0 spiro atoms. The van der Waals surface area contributed by atoms with E-state index in [1.807, 2.05) is 6.92 Å². The first-order chi connectivity index (χ1) is 7.56. The van der Waals surface area contributed by atoms with Crippen molar-refractivity contribution < 1.29 is 19.8 Å². The summed E-state index contributed by atoms with van der Waals surface area (Å²) in [6.45, 7) is 1.89. The van der Waals surface area contributed by atoms with E-state index in [1.165, 1.54) is 0 Å². The lowest BCUT2D eigenvalue weighted by molar-refractivity contribution is -0.146. The maximum Gasteiger partial charge on any atom is 0.337 e. The normalized spacial score (nSPS) is 12.1. The molecule has 0 saturated heterocycles. The van der Waals surface area contributed by atoms with Crippen LogP contribution < -0.4 is 0 Å². The second-order valence-electron chi connectivity index (χ2n) is 3.63. The van der Waals surface area contributed by atoms with E-state index in [2.05, 4.69) is 0 Å². The third kappa shape index (κ3) is 2.90. The molecule has 2 N–H and O–H groups in total. The summed E-state index contributed by atoms with van der Waals surface area (Å²) in [6, 6.07) is 4.97. The smallest absolute Gasteiger partial charge is 0.337 e. The number of aldehydes is 1. The van der Waals surface area contributed by atoms with Crippen molar-refractivity contribution in [1.82, 2.24) is 0 Å². The number of rotatable bonds is 5. The molecule has 1 atom stereocenters. The Morgan fingerprint density at radius 1 is 1.50 bits per heavy atom. The molecular formula is C12H14O4. The summed E-state index contributed by atoms with van der Waals surface area (Å²) >= 11 is 0. The van der Waals surface area contributed by atoms with Crippen LogP contribution in [0.1, 0.15) is 29.2 Å². The SMILES string of the molecule is Cc1ccc(C(O)C(=O)O)cc1CCC=O. The molecule has 1 aromatic rings. The van der Waals surface area contributed by atoms with Gasteiger partial charge in [0.05, 0.1) is 0 Å². The number of carboxylic acid groups (broad SMARTS) is 1. The van der Waals surface area contributed by atoms with Crippen molar-refractivity contribution in [2.24, 2.45) is 0 Å². The number of aliphatic hydroxyl groups excluding tert-OH is 1. The van der Waals surface area contributed by atoms with Gasteiger partial charge in [0.2, 0.25) is 0 Å². The van der Waals surface area contributed by atoms with E-state index in [0.717, 1.165) is 17.4 Å². The van der Waals surface area contributed by atoms with Crippen molar-refractivity contribution in [2.45, 2.75) is 25.9 Å². The molecule has 0 heterocycles. The molecule has 0 saturated carbocycles. The molecular weight excluding hydrogens is 208 g/mol. The summed E-state index contributed by atoms with van der Waals surface area (Å²) in [7, 11) is 0. The molecule has 0 bridgehead atoms. The first-order valence-corrected chi connectivity index (χ1v) is 5.00. The van der Waals surface area contributed by atoms with Crippen LogP contribution in [-0.4, -0.2) is 22.5 Å². The second-order valence-corrected chi connectivity index (χ2v) is 3.63. The summed E-state index contributed by atoms with van der Waals surface area (Å²) in [5, 5.41) is 18.0. The highest BCUT2D eigenvalue weighted by molar-refractivity contribution is 5.74. The molecule has 0 aliphatic heterocycles. The summed E-state index contributed by atoms with van der Waals surface area (Å²) in [5.74, 6) is -1.27. The molecule has 0 amide bonds. The van der Waals surface area contributed by atoms with E-state index in [1.54, 1.807) is 18.2 Å². The number of hydrogen-bond acceptors (Lipinski definition) is 3. The van der Waals surface area contributed by atoms with E-state index in [4.69, 9.17) is 5.11 Å². The minimum absolute atomic E-state index is 0.346. The topological polar surface area (TPSA) is 74.6 Å². The zero-order valence-corrected chi connectivity index (χ0v) is 9.01. The minimum atomic E-state index is -1.50. The van der Waals surface area contributed by atoms with Crippen LogP contribution in [0.5, 0.6) is 0 Å². The Balaban J connectivity index is 2.97. The number of hydrogen-bond donors (Lipinski definition) is 2. The Morgan fingerprint density at radius 2 is 2.19 bits per heavy atom. The number of aryl methyl sites for hydroxylation is 2. The van der Waals surface area contributed by atoms with Crippen molar-refractivity contribution in [3.8, 4) is 0 Å². The second kappa shape index (κ2) is 5.42. The van der Waals surface area contributed by atoms with Crippen LogP contribution in [0, 0.1) is 6.92 Å². The molecule has 0 fully saturated rings. The molecule has 0 aliphatic rings. The average molecular weight is 222 g/mol. The van der Waals surface area contributed by atoms with E-state index >= 15 is 0 Å². The standard InChI is InChI=1S/C12H14O4/c1-8-4-5-10(11(14)12(15)16)7-9(8)3-2-6-13/h4-7,11,14H,2-3H2,1H3,(H,15,16). The lowest BCUT2D eigenvalue weighted by atomic mass is 9.99. The van der Waals surface area contributed by atoms with E-state index < -0.39 is 12.1 Å². The van der Waals surface area contributed by atoms with Gasteiger partial charge < -0.3 is 15.0 Å². The number of carbonyl (C=O) groups excluding carboxylic acids is 1. The van der Waals surface area contributed by atoms with Crippen LogP contribution in [0.4, 0.5) is 0 Å². The summed E-state index contributed by atoms with van der Waals surface area (Å²) < 4.78 is 0. The van der Waals surface area contributed by atoms with Crippen LogP contribution >= 0.6 is 0 Å². The zero-order chi connectivity index (χ0) is 12.1. The molecule has 0 radical (unpaired) electrons. The molecule has 1 unspecified atom stereocenters. The molecule has 0 aromatic heterocycles. The highest BCUT2D eigenvalue weighted by Crippen LogP contribution is 2.18. The van der Waals surface area contributed by atoms with Crippen LogP contribution in [0.15, 0.2) is 18.2 Å². The van der Waals surface area contributed by atoms with Crippen LogP contribution in [0.25, 0.3) is 0 Å². The summed E-state index contributed by atoms with van der Waals surface area (Å²) in [6.07, 6.45) is 0.276. The van der Waals surface area contributed by atoms with Crippen LogP contribution in [-0.2, 0) is 16.0 Å². The fourth-order valence-electron chi connectivity index (χ4n) is 1.49. The van der Waals surface area contributed by atoms with Gasteiger partial charge in [-0.2, -0.15) is 0 Å². The van der Waals surface area contributed by atoms with Gasteiger partial charge in [-0.1, -0.05) is 18.2 Å². The first kappa shape index (κ1) is 12.4. The molecule has 16 heavy (non-hydrogen) atoms. The highest BCUT2D eigenvalue weighted by Gasteiger charge is 2.16. The Bertz CT molecular complexity index is 398. The predicted octanol–water partition coefficient (Wildman–Crippen LogP) is 1.24. The molecule has 86 valence electrons. The summed E-state index contributed by atoms with van der Waals surface area (Å²) in [4.78, 5) is 20.9. The van der Waals surface area contributed by atoms with Crippen LogP contribution in [0.2, 0.25) is 0 Å². The molecule has 4 heteroatoms. The van der Waals surface area contributed by atoms with Crippen molar-refractivity contribution in [2.75, 3.05) is 0 Å².